The van der Waals surface area contributed by atoms with Crippen LogP contribution in [0.25, 0.3) is 0 Å². The summed E-state index contributed by atoms with van der Waals surface area (Å²) in [4.78, 5) is 0. The Balaban J connectivity index is 2.37. The van der Waals surface area contributed by atoms with E-state index in [0.717, 1.165) is 17.4 Å². The van der Waals surface area contributed by atoms with E-state index in [1.807, 2.05) is 31.2 Å². The molecule has 1 N–H and O–H groups in total. The Hall–Kier alpha value is -1.46. The van der Waals surface area contributed by atoms with Gasteiger partial charge in [0.05, 0.1) is 17.1 Å². The summed E-state index contributed by atoms with van der Waals surface area (Å²) in [7, 11) is 1.71. The molecule has 2 nitrogen and oxygen atoms in total. The molecule has 112 valence electrons. The minimum atomic E-state index is -0.488. The lowest BCUT2D eigenvalue weighted by Crippen LogP contribution is -2.19. The topological polar surface area (TPSA) is 21.3 Å². The van der Waals surface area contributed by atoms with Gasteiger partial charge in [0.25, 0.3) is 0 Å². The number of halogens is 3. The molecule has 0 saturated carbocycles. The number of hydrogen-bond donors (Lipinski definition) is 1. The smallest absolute Gasteiger partial charge is 0.137 e. The Kier molecular flexibility index (Phi) is 5.31. The number of nitrogens with one attached hydrogen (secondary N) is 1. The van der Waals surface area contributed by atoms with Crippen LogP contribution >= 0.6 is 15.9 Å². The van der Waals surface area contributed by atoms with Crippen molar-refractivity contribution in [2.75, 3.05) is 13.7 Å². The van der Waals surface area contributed by atoms with E-state index in [-0.39, 0.29) is 10.0 Å². The zero-order valence-electron chi connectivity index (χ0n) is 11.8. The first kappa shape index (κ1) is 15.9. The van der Waals surface area contributed by atoms with E-state index >= 15 is 0 Å². The average molecular weight is 356 g/mol. The van der Waals surface area contributed by atoms with E-state index in [9.17, 15) is 8.78 Å². The summed E-state index contributed by atoms with van der Waals surface area (Å²) in [6.07, 6.45) is 0. The molecule has 5 heteroatoms. The van der Waals surface area contributed by atoms with Crippen LogP contribution in [-0.4, -0.2) is 13.7 Å². The Morgan fingerprint density at radius 2 is 1.81 bits per heavy atom. The molecule has 1 atom stereocenters. The summed E-state index contributed by atoms with van der Waals surface area (Å²) in [6.45, 7) is 2.49. The van der Waals surface area contributed by atoms with Crippen molar-refractivity contribution in [3.8, 4) is 5.75 Å². The lowest BCUT2D eigenvalue weighted by molar-refractivity contribution is 0.340. The molecule has 0 bridgehead atoms. The zero-order valence-corrected chi connectivity index (χ0v) is 13.4. The van der Waals surface area contributed by atoms with E-state index in [0.29, 0.717) is 6.61 Å². The van der Waals surface area contributed by atoms with Crippen LogP contribution in [0.5, 0.6) is 5.75 Å². The minimum Gasteiger partial charge on any atom is -0.494 e. The molecule has 0 radical (unpaired) electrons. The first-order chi connectivity index (χ1) is 10.1. The predicted molar refractivity (Wildman–Crippen MR) is 82.6 cm³/mol. The largest absolute Gasteiger partial charge is 0.494 e. The lowest BCUT2D eigenvalue weighted by atomic mass is 9.98. The molecule has 2 aromatic rings. The van der Waals surface area contributed by atoms with Crippen molar-refractivity contribution in [1.29, 1.82) is 0 Å². The highest BCUT2D eigenvalue weighted by molar-refractivity contribution is 9.10. The monoisotopic (exact) mass is 355 g/mol. The van der Waals surface area contributed by atoms with Gasteiger partial charge in [-0.05, 0) is 59.7 Å². The highest BCUT2D eigenvalue weighted by Crippen LogP contribution is 2.29. The van der Waals surface area contributed by atoms with Crippen molar-refractivity contribution >= 4 is 15.9 Å². The van der Waals surface area contributed by atoms with Gasteiger partial charge in [0.1, 0.15) is 17.4 Å². The second kappa shape index (κ2) is 7.00. The van der Waals surface area contributed by atoms with Gasteiger partial charge < -0.3 is 10.1 Å². The molecule has 21 heavy (non-hydrogen) atoms. The second-order valence-electron chi connectivity index (χ2n) is 4.51. The van der Waals surface area contributed by atoms with E-state index in [1.54, 1.807) is 7.05 Å². The SMILES string of the molecule is CCOc1ccc(C(NC)c2cc(F)c(Br)cc2F)cc1. The van der Waals surface area contributed by atoms with Crippen molar-refractivity contribution in [2.24, 2.45) is 0 Å². The van der Waals surface area contributed by atoms with Crippen LogP contribution in [0.15, 0.2) is 40.9 Å². The normalized spacial score (nSPS) is 12.2. The summed E-state index contributed by atoms with van der Waals surface area (Å²) >= 11 is 2.98. The van der Waals surface area contributed by atoms with Gasteiger partial charge in [-0.15, -0.1) is 0 Å². The molecule has 0 spiro atoms. The maximum atomic E-state index is 14.1. The van der Waals surface area contributed by atoms with E-state index < -0.39 is 17.7 Å². The first-order valence-corrected chi connectivity index (χ1v) is 7.40. The fourth-order valence-electron chi connectivity index (χ4n) is 2.18. The number of ether oxygens (including phenoxy) is 1. The Morgan fingerprint density at radius 1 is 1.14 bits per heavy atom. The van der Waals surface area contributed by atoms with Crippen molar-refractivity contribution < 1.29 is 13.5 Å². The molecule has 2 aromatic carbocycles. The summed E-state index contributed by atoms with van der Waals surface area (Å²) in [6, 6.07) is 9.23. The zero-order chi connectivity index (χ0) is 15.4. The molecule has 0 heterocycles. The van der Waals surface area contributed by atoms with Crippen LogP contribution in [0, 0.1) is 11.6 Å². The molecule has 2 rings (SSSR count). The van der Waals surface area contributed by atoms with Crippen LogP contribution in [-0.2, 0) is 0 Å². The third-order valence-corrected chi connectivity index (χ3v) is 3.77. The molecule has 0 aliphatic heterocycles. The number of benzene rings is 2. The predicted octanol–water partition coefficient (Wildman–Crippen LogP) is 4.43. The van der Waals surface area contributed by atoms with Gasteiger partial charge in [-0.1, -0.05) is 12.1 Å². The minimum absolute atomic E-state index is 0.116. The molecule has 0 amide bonds. The summed E-state index contributed by atoms with van der Waals surface area (Å²) in [5, 5.41) is 3.01. The summed E-state index contributed by atoms with van der Waals surface area (Å²) < 4.78 is 33.3. The number of rotatable bonds is 5. The van der Waals surface area contributed by atoms with Gasteiger partial charge in [0.2, 0.25) is 0 Å². The fraction of sp³-hybridized carbons (Fsp3) is 0.250. The van der Waals surface area contributed by atoms with E-state index in [1.165, 1.54) is 6.07 Å². The van der Waals surface area contributed by atoms with Gasteiger partial charge in [-0.3, -0.25) is 0 Å². The van der Waals surface area contributed by atoms with Gasteiger partial charge >= 0.3 is 0 Å². The van der Waals surface area contributed by atoms with Crippen molar-refractivity contribution in [3.05, 3.63) is 63.6 Å². The van der Waals surface area contributed by atoms with Crippen LogP contribution in [0.2, 0.25) is 0 Å². The van der Waals surface area contributed by atoms with Crippen LogP contribution in [0.1, 0.15) is 24.1 Å². The van der Waals surface area contributed by atoms with Crippen molar-refractivity contribution in [1.82, 2.24) is 5.32 Å². The first-order valence-electron chi connectivity index (χ1n) is 6.61. The van der Waals surface area contributed by atoms with E-state index in [4.69, 9.17) is 4.74 Å². The van der Waals surface area contributed by atoms with Crippen LogP contribution < -0.4 is 10.1 Å². The van der Waals surface area contributed by atoms with E-state index in [2.05, 4.69) is 21.2 Å². The van der Waals surface area contributed by atoms with Gasteiger partial charge in [0.15, 0.2) is 0 Å². The highest BCUT2D eigenvalue weighted by atomic mass is 79.9. The van der Waals surface area contributed by atoms with Crippen LogP contribution in [0.3, 0.4) is 0 Å². The summed E-state index contributed by atoms with van der Waals surface area (Å²) in [5.74, 6) is -0.201. The molecule has 1 unspecified atom stereocenters. The Bertz CT molecular complexity index is 616. The molecule has 0 fully saturated rings. The molecular formula is C16H16BrF2NO. The molecule has 0 aliphatic rings. The average Bonchev–Trinajstić information content (AvgIpc) is 2.47. The fourth-order valence-corrected chi connectivity index (χ4v) is 2.50. The third-order valence-electron chi connectivity index (χ3n) is 3.16. The lowest BCUT2D eigenvalue weighted by Gasteiger charge is -2.19. The number of hydrogen-bond acceptors (Lipinski definition) is 2. The third kappa shape index (κ3) is 3.60. The Labute approximate surface area is 131 Å². The standard InChI is InChI=1S/C16H16BrF2NO/c1-3-21-11-6-4-10(5-7-11)16(20-2)12-8-15(19)13(17)9-14(12)18/h4-9,16,20H,3H2,1-2H3. The van der Waals surface area contributed by atoms with Crippen molar-refractivity contribution in [2.45, 2.75) is 13.0 Å². The molecule has 0 saturated heterocycles. The van der Waals surface area contributed by atoms with Gasteiger partial charge in [0, 0.05) is 5.56 Å². The van der Waals surface area contributed by atoms with Gasteiger partial charge in [-0.25, -0.2) is 8.78 Å². The van der Waals surface area contributed by atoms with Gasteiger partial charge in [-0.2, -0.15) is 0 Å². The highest BCUT2D eigenvalue weighted by Gasteiger charge is 2.18. The van der Waals surface area contributed by atoms with Crippen molar-refractivity contribution in [3.63, 3.8) is 0 Å². The maximum Gasteiger partial charge on any atom is 0.137 e. The summed E-state index contributed by atoms with van der Waals surface area (Å²) in [5.41, 5.74) is 1.10. The maximum absolute atomic E-state index is 14.1. The molecule has 0 aromatic heterocycles. The second-order valence-corrected chi connectivity index (χ2v) is 5.37. The van der Waals surface area contributed by atoms with Crippen LogP contribution in [0.4, 0.5) is 8.78 Å². The molecular weight excluding hydrogens is 340 g/mol. The molecule has 0 aliphatic carbocycles. The quantitative estimate of drug-likeness (QED) is 0.800. The Morgan fingerprint density at radius 3 is 2.38 bits per heavy atom.